The lowest BCUT2D eigenvalue weighted by atomic mass is 9.97. The van der Waals surface area contributed by atoms with Crippen molar-refractivity contribution >= 4 is 18.0 Å². The van der Waals surface area contributed by atoms with Gasteiger partial charge < -0.3 is 20.1 Å². The highest BCUT2D eigenvalue weighted by molar-refractivity contribution is 5.89. The first-order chi connectivity index (χ1) is 13.3. The van der Waals surface area contributed by atoms with Gasteiger partial charge >= 0.3 is 12.1 Å². The summed E-state index contributed by atoms with van der Waals surface area (Å²) in [6.07, 6.45) is 3.96. The molecule has 3 atom stereocenters. The van der Waals surface area contributed by atoms with Crippen LogP contribution in [0.3, 0.4) is 0 Å². The third-order valence-electron chi connectivity index (χ3n) is 4.55. The number of hydrogen-bond donors (Lipinski definition) is 2. The molecule has 0 spiro atoms. The largest absolute Gasteiger partial charge is 0.464 e. The van der Waals surface area contributed by atoms with Crippen LogP contribution in [0.5, 0.6) is 0 Å². The SMILES string of the molecule is CCCCOC(=O)NC(C(=O)NC(CC(C)C)C(=O)OCCCC)C(C)CC. The van der Waals surface area contributed by atoms with Gasteiger partial charge in [0.2, 0.25) is 5.91 Å². The summed E-state index contributed by atoms with van der Waals surface area (Å²) in [6.45, 7) is 12.5. The van der Waals surface area contributed by atoms with E-state index in [0.29, 0.717) is 26.1 Å². The summed E-state index contributed by atoms with van der Waals surface area (Å²) in [6, 6.07) is -1.49. The molecule has 0 saturated heterocycles. The molecular weight excluding hydrogens is 360 g/mol. The summed E-state index contributed by atoms with van der Waals surface area (Å²) in [7, 11) is 0. The lowest BCUT2D eigenvalue weighted by Crippen LogP contribution is -2.54. The topological polar surface area (TPSA) is 93.7 Å². The smallest absolute Gasteiger partial charge is 0.407 e. The minimum Gasteiger partial charge on any atom is -0.464 e. The molecule has 0 aliphatic rings. The van der Waals surface area contributed by atoms with Crippen LogP contribution in [0.25, 0.3) is 0 Å². The highest BCUT2D eigenvalue weighted by Gasteiger charge is 2.31. The molecule has 3 unspecified atom stereocenters. The van der Waals surface area contributed by atoms with Gasteiger partial charge in [-0.05, 0) is 31.1 Å². The molecule has 0 saturated carbocycles. The van der Waals surface area contributed by atoms with Crippen molar-refractivity contribution in [1.29, 1.82) is 0 Å². The minimum absolute atomic E-state index is 0.102. The number of amides is 2. The number of unbranched alkanes of at least 4 members (excludes halogenated alkanes) is 2. The number of ether oxygens (including phenoxy) is 2. The predicted octanol–water partition coefficient (Wildman–Crippen LogP) is 3.80. The minimum atomic E-state index is -0.766. The first-order valence-electron chi connectivity index (χ1n) is 10.7. The molecule has 0 rings (SSSR count). The number of rotatable bonds is 14. The molecule has 7 nitrogen and oxygen atoms in total. The molecule has 0 aliphatic heterocycles. The Bertz CT molecular complexity index is 468. The van der Waals surface area contributed by atoms with Crippen LogP contribution in [0.1, 0.15) is 80.1 Å². The van der Waals surface area contributed by atoms with E-state index in [1.54, 1.807) is 0 Å². The number of hydrogen-bond acceptors (Lipinski definition) is 5. The highest BCUT2D eigenvalue weighted by atomic mass is 16.5. The van der Waals surface area contributed by atoms with Crippen LogP contribution in [-0.2, 0) is 19.1 Å². The number of carbonyl (C=O) groups excluding carboxylic acids is 3. The van der Waals surface area contributed by atoms with E-state index in [1.165, 1.54) is 0 Å². The molecule has 0 fully saturated rings. The van der Waals surface area contributed by atoms with E-state index in [0.717, 1.165) is 25.7 Å². The number of alkyl carbamates (subject to hydrolysis) is 1. The molecule has 0 radical (unpaired) electrons. The van der Waals surface area contributed by atoms with Crippen molar-refractivity contribution < 1.29 is 23.9 Å². The summed E-state index contributed by atoms with van der Waals surface area (Å²) >= 11 is 0. The highest BCUT2D eigenvalue weighted by Crippen LogP contribution is 2.12. The van der Waals surface area contributed by atoms with Gasteiger partial charge in [0.05, 0.1) is 13.2 Å². The Balaban J connectivity index is 5.03. The van der Waals surface area contributed by atoms with E-state index < -0.39 is 24.1 Å². The predicted molar refractivity (Wildman–Crippen MR) is 110 cm³/mol. The average molecular weight is 401 g/mol. The van der Waals surface area contributed by atoms with Crippen LogP contribution in [0.4, 0.5) is 4.79 Å². The molecule has 2 N–H and O–H groups in total. The van der Waals surface area contributed by atoms with E-state index in [-0.39, 0.29) is 17.7 Å². The van der Waals surface area contributed by atoms with Gasteiger partial charge in [-0.15, -0.1) is 0 Å². The molecule has 164 valence electrons. The molecule has 0 bridgehead atoms. The lowest BCUT2D eigenvalue weighted by Gasteiger charge is -2.26. The quantitative estimate of drug-likeness (QED) is 0.342. The normalized spacial score (nSPS) is 14.1. The molecule has 28 heavy (non-hydrogen) atoms. The van der Waals surface area contributed by atoms with E-state index in [9.17, 15) is 14.4 Å². The maximum atomic E-state index is 12.8. The zero-order valence-corrected chi connectivity index (χ0v) is 18.5. The van der Waals surface area contributed by atoms with Gasteiger partial charge in [0, 0.05) is 0 Å². The third-order valence-corrected chi connectivity index (χ3v) is 4.55. The monoisotopic (exact) mass is 400 g/mol. The third kappa shape index (κ3) is 11.1. The number of nitrogens with one attached hydrogen (secondary N) is 2. The summed E-state index contributed by atoms with van der Waals surface area (Å²) in [4.78, 5) is 37.3. The van der Waals surface area contributed by atoms with Crippen molar-refractivity contribution in [3.63, 3.8) is 0 Å². The Morgan fingerprint density at radius 1 is 0.857 bits per heavy atom. The van der Waals surface area contributed by atoms with Crippen molar-refractivity contribution in [2.75, 3.05) is 13.2 Å². The van der Waals surface area contributed by atoms with Crippen molar-refractivity contribution in [2.45, 2.75) is 92.2 Å². The van der Waals surface area contributed by atoms with Crippen molar-refractivity contribution in [2.24, 2.45) is 11.8 Å². The van der Waals surface area contributed by atoms with Gasteiger partial charge in [0.15, 0.2) is 0 Å². The van der Waals surface area contributed by atoms with E-state index >= 15 is 0 Å². The Morgan fingerprint density at radius 2 is 1.43 bits per heavy atom. The maximum absolute atomic E-state index is 12.8. The van der Waals surface area contributed by atoms with E-state index in [1.807, 2.05) is 41.5 Å². The fourth-order valence-corrected chi connectivity index (χ4v) is 2.54. The molecule has 0 aliphatic carbocycles. The van der Waals surface area contributed by atoms with Crippen molar-refractivity contribution in [3.05, 3.63) is 0 Å². The molecule has 7 heteroatoms. The Hall–Kier alpha value is -1.79. The van der Waals surface area contributed by atoms with Gasteiger partial charge in [0.1, 0.15) is 12.1 Å². The number of carbonyl (C=O) groups is 3. The van der Waals surface area contributed by atoms with Gasteiger partial charge in [-0.25, -0.2) is 9.59 Å². The molecule has 0 heterocycles. The Kier molecular flexibility index (Phi) is 14.2. The standard InChI is InChI=1S/C21H40N2O5/c1-7-10-12-27-20(25)17(14-15(4)5)22-19(24)18(16(6)9-3)23-21(26)28-13-11-8-2/h15-18H,7-14H2,1-6H3,(H,22,24)(H,23,26). The van der Waals surface area contributed by atoms with Crippen LogP contribution in [-0.4, -0.2) is 43.3 Å². The van der Waals surface area contributed by atoms with Crippen LogP contribution < -0.4 is 10.6 Å². The van der Waals surface area contributed by atoms with Crippen molar-refractivity contribution in [3.8, 4) is 0 Å². The summed E-state index contributed by atoms with van der Waals surface area (Å²) in [5, 5.41) is 5.43. The first-order valence-corrected chi connectivity index (χ1v) is 10.7. The Morgan fingerprint density at radius 3 is 1.93 bits per heavy atom. The molecule has 0 aromatic rings. The van der Waals surface area contributed by atoms with Crippen molar-refractivity contribution in [1.82, 2.24) is 10.6 Å². The second-order valence-electron chi connectivity index (χ2n) is 7.71. The molecule has 2 amide bonds. The zero-order chi connectivity index (χ0) is 21.5. The zero-order valence-electron chi connectivity index (χ0n) is 18.5. The summed E-state index contributed by atoms with van der Waals surface area (Å²) in [5.41, 5.74) is 0. The van der Waals surface area contributed by atoms with Crippen LogP contribution in [0, 0.1) is 11.8 Å². The van der Waals surface area contributed by atoms with Gasteiger partial charge in [0.25, 0.3) is 0 Å². The van der Waals surface area contributed by atoms with Gasteiger partial charge in [-0.3, -0.25) is 4.79 Å². The average Bonchev–Trinajstić information content (AvgIpc) is 2.64. The van der Waals surface area contributed by atoms with Gasteiger partial charge in [-0.1, -0.05) is 60.8 Å². The fraction of sp³-hybridized carbons (Fsp3) is 0.857. The second-order valence-corrected chi connectivity index (χ2v) is 7.71. The fourth-order valence-electron chi connectivity index (χ4n) is 2.54. The summed E-state index contributed by atoms with van der Waals surface area (Å²) in [5.74, 6) is -0.712. The van der Waals surface area contributed by atoms with Crippen LogP contribution in [0.15, 0.2) is 0 Å². The van der Waals surface area contributed by atoms with Crippen LogP contribution >= 0.6 is 0 Å². The van der Waals surface area contributed by atoms with Crippen LogP contribution in [0.2, 0.25) is 0 Å². The lowest BCUT2D eigenvalue weighted by molar-refractivity contribution is -0.148. The summed E-state index contributed by atoms with van der Waals surface area (Å²) < 4.78 is 10.4. The van der Waals surface area contributed by atoms with E-state index in [2.05, 4.69) is 10.6 Å². The maximum Gasteiger partial charge on any atom is 0.407 e. The Labute approximate surface area is 170 Å². The molecular formula is C21H40N2O5. The number of esters is 1. The van der Waals surface area contributed by atoms with E-state index in [4.69, 9.17) is 9.47 Å². The first kappa shape index (κ1) is 26.2. The molecule has 0 aromatic heterocycles. The molecule has 0 aromatic carbocycles. The second kappa shape index (κ2) is 15.2. The van der Waals surface area contributed by atoms with Gasteiger partial charge in [-0.2, -0.15) is 0 Å².